The van der Waals surface area contributed by atoms with E-state index in [-0.39, 0.29) is 17.6 Å². The molecular formula is C21H14O2. The molecule has 23 heavy (non-hydrogen) atoms. The maximum atomic E-state index is 12.8. The number of rotatable bonds is 2. The summed E-state index contributed by atoms with van der Waals surface area (Å²) < 4.78 is 5.57. The van der Waals surface area contributed by atoms with E-state index in [1.54, 1.807) is 6.26 Å². The normalized spacial score (nSPS) is 14.7. The smallest absolute Gasteiger partial charge is 0.193 e. The number of fused-ring (bicyclic) bond motifs is 2. The van der Waals surface area contributed by atoms with Gasteiger partial charge >= 0.3 is 0 Å². The third-order valence-corrected chi connectivity index (χ3v) is 4.44. The van der Waals surface area contributed by atoms with Gasteiger partial charge in [-0.1, -0.05) is 54.5 Å². The van der Waals surface area contributed by atoms with Crippen molar-refractivity contribution >= 4 is 5.78 Å². The standard InChI is InChI=1S/C21H14O2/c1-2-14(19-12-7-13-23-19)20-15-8-3-5-10-17(15)21(22)18-11-6-4-9-16(18)20/h1,3-14,20H/t14-/m1/s1. The Bertz CT molecular complexity index is 864. The SMILES string of the molecule is C#C[C@H](c1ccco1)C1c2ccccc2C(=O)c2ccccc21. The number of carbonyl (C=O) groups is 1. The Hall–Kier alpha value is -3.05. The second-order valence-electron chi connectivity index (χ2n) is 5.64. The van der Waals surface area contributed by atoms with Crippen LogP contribution in [0.4, 0.5) is 0 Å². The number of hydrogen-bond acceptors (Lipinski definition) is 2. The fourth-order valence-electron chi connectivity index (χ4n) is 3.43. The maximum Gasteiger partial charge on any atom is 0.193 e. The van der Waals surface area contributed by atoms with E-state index in [9.17, 15) is 4.79 Å². The molecule has 0 saturated heterocycles. The van der Waals surface area contributed by atoms with Gasteiger partial charge in [0.2, 0.25) is 0 Å². The van der Waals surface area contributed by atoms with Gasteiger partial charge in [0.15, 0.2) is 5.78 Å². The van der Waals surface area contributed by atoms with E-state index in [4.69, 9.17) is 10.8 Å². The molecule has 2 nitrogen and oxygen atoms in total. The Morgan fingerprint density at radius 1 is 0.913 bits per heavy atom. The number of benzene rings is 2. The van der Waals surface area contributed by atoms with Crippen LogP contribution in [0.1, 0.15) is 44.6 Å². The van der Waals surface area contributed by atoms with Gasteiger partial charge < -0.3 is 4.42 Å². The summed E-state index contributed by atoms with van der Waals surface area (Å²) in [6.45, 7) is 0. The first-order chi connectivity index (χ1) is 11.3. The summed E-state index contributed by atoms with van der Waals surface area (Å²) in [6.07, 6.45) is 7.48. The van der Waals surface area contributed by atoms with Crippen LogP contribution in [0.2, 0.25) is 0 Å². The van der Waals surface area contributed by atoms with Gasteiger partial charge in [0.05, 0.1) is 12.2 Å². The minimum Gasteiger partial charge on any atom is -0.468 e. The molecule has 0 unspecified atom stereocenters. The Balaban J connectivity index is 1.98. The molecule has 0 saturated carbocycles. The lowest BCUT2D eigenvalue weighted by Gasteiger charge is -2.30. The molecule has 1 aliphatic rings. The Morgan fingerprint density at radius 2 is 1.52 bits per heavy atom. The number of carbonyl (C=O) groups excluding carboxylic acids is 1. The average Bonchev–Trinajstić information content (AvgIpc) is 3.13. The first-order valence-electron chi connectivity index (χ1n) is 7.53. The summed E-state index contributed by atoms with van der Waals surface area (Å²) in [5, 5.41) is 0. The zero-order valence-electron chi connectivity index (χ0n) is 12.4. The molecule has 3 aromatic rings. The number of ketones is 1. The minimum atomic E-state index is -0.250. The van der Waals surface area contributed by atoms with E-state index in [1.165, 1.54) is 0 Å². The van der Waals surface area contributed by atoms with Crippen molar-refractivity contribution in [2.75, 3.05) is 0 Å². The van der Waals surface area contributed by atoms with Crippen molar-refractivity contribution in [1.29, 1.82) is 0 Å². The van der Waals surface area contributed by atoms with E-state index in [0.29, 0.717) is 0 Å². The molecule has 0 spiro atoms. The van der Waals surface area contributed by atoms with Crippen molar-refractivity contribution in [2.45, 2.75) is 11.8 Å². The Morgan fingerprint density at radius 3 is 2.04 bits per heavy atom. The van der Waals surface area contributed by atoms with Crippen LogP contribution >= 0.6 is 0 Å². The largest absolute Gasteiger partial charge is 0.468 e. The van der Waals surface area contributed by atoms with Crippen LogP contribution in [-0.2, 0) is 0 Å². The van der Waals surface area contributed by atoms with Crippen LogP contribution in [0.15, 0.2) is 71.3 Å². The quantitative estimate of drug-likeness (QED) is 0.657. The second-order valence-corrected chi connectivity index (χ2v) is 5.64. The number of terminal acetylenes is 1. The Kier molecular flexibility index (Phi) is 3.13. The molecule has 0 amide bonds. The fourth-order valence-corrected chi connectivity index (χ4v) is 3.43. The topological polar surface area (TPSA) is 30.2 Å². The highest BCUT2D eigenvalue weighted by Gasteiger charge is 2.36. The molecular weight excluding hydrogens is 284 g/mol. The van der Waals surface area contributed by atoms with Gasteiger partial charge in [-0.3, -0.25) is 4.79 Å². The summed E-state index contributed by atoms with van der Waals surface area (Å²) in [4.78, 5) is 12.8. The summed E-state index contributed by atoms with van der Waals surface area (Å²) in [7, 11) is 0. The van der Waals surface area contributed by atoms with Crippen LogP contribution in [-0.4, -0.2) is 5.78 Å². The first-order valence-corrected chi connectivity index (χ1v) is 7.53. The van der Waals surface area contributed by atoms with Gasteiger partial charge in [-0.05, 0) is 23.3 Å². The Labute approximate surface area is 134 Å². The summed E-state index contributed by atoms with van der Waals surface area (Å²) >= 11 is 0. The van der Waals surface area contributed by atoms with Gasteiger partial charge in [0.1, 0.15) is 5.76 Å². The zero-order chi connectivity index (χ0) is 15.8. The predicted octanol–water partition coefficient (Wildman–Crippen LogP) is 4.37. The van der Waals surface area contributed by atoms with Crippen LogP contribution in [0.3, 0.4) is 0 Å². The molecule has 110 valence electrons. The predicted molar refractivity (Wildman–Crippen MR) is 88.4 cm³/mol. The minimum absolute atomic E-state index is 0.0580. The van der Waals surface area contributed by atoms with Gasteiger partial charge in [-0.15, -0.1) is 6.42 Å². The number of furan rings is 1. The molecule has 0 bridgehead atoms. The molecule has 2 heteroatoms. The lowest BCUT2D eigenvalue weighted by Crippen LogP contribution is -2.23. The summed E-state index contributed by atoms with van der Waals surface area (Å²) in [5.74, 6) is 3.33. The van der Waals surface area contributed by atoms with E-state index >= 15 is 0 Å². The van der Waals surface area contributed by atoms with E-state index in [2.05, 4.69) is 5.92 Å². The molecule has 4 rings (SSSR count). The lowest BCUT2D eigenvalue weighted by molar-refractivity contribution is 0.103. The molecule has 0 fully saturated rings. The van der Waals surface area contributed by atoms with Crippen LogP contribution < -0.4 is 0 Å². The van der Waals surface area contributed by atoms with Crippen molar-refractivity contribution in [3.63, 3.8) is 0 Å². The molecule has 0 N–H and O–H groups in total. The van der Waals surface area contributed by atoms with Crippen LogP contribution in [0, 0.1) is 12.3 Å². The van der Waals surface area contributed by atoms with Crippen molar-refractivity contribution < 1.29 is 9.21 Å². The van der Waals surface area contributed by atoms with Gasteiger partial charge in [-0.2, -0.15) is 0 Å². The highest BCUT2D eigenvalue weighted by molar-refractivity contribution is 6.12. The van der Waals surface area contributed by atoms with Crippen molar-refractivity contribution in [1.82, 2.24) is 0 Å². The fraction of sp³-hybridized carbons (Fsp3) is 0.0952. The molecule has 2 aromatic carbocycles. The number of hydrogen-bond donors (Lipinski definition) is 0. The van der Waals surface area contributed by atoms with E-state index in [0.717, 1.165) is 28.0 Å². The maximum absolute atomic E-state index is 12.8. The molecule has 1 aliphatic carbocycles. The van der Waals surface area contributed by atoms with Crippen LogP contribution in [0.25, 0.3) is 0 Å². The van der Waals surface area contributed by atoms with Crippen molar-refractivity contribution in [3.05, 3.63) is 94.9 Å². The molecule has 1 heterocycles. The average molecular weight is 298 g/mol. The zero-order valence-corrected chi connectivity index (χ0v) is 12.4. The summed E-state index contributed by atoms with van der Waals surface area (Å²) in [6, 6.07) is 19.1. The van der Waals surface area contributed by atoms with Crippen LogP contribution in [0.5, 0.6) is 0 Å². The first kappa shape index (κ1) is 13.6. The van der Waals surface area contributed by atoms with Gasteiger partial charge in [0, 0.05) is 17.0 Å². The van der Waals surface area contributed by atoms with E-state index in [1.807, 2.05) is 60.7 Å². The second kappa shape index (κ2) is 5.30. The molecule has 0 radical (unpaired) electrons. The van der Waals surface area contributed by atoms with Gasteiger partial charge in [-0.25, -0.2) is 0 Å². The lowest BCUT2D eigenvalue weighted by atomic mass is 9.71. The van der Waals surface area contributed by atoms with Crippen molar-refractivity contribution in [3.8, 4) is 12.3 Å². The third-order valence-electron chi connectivity index (χ3n) is 4.44. The monoisotopic (exact) mass is 298 g/mol. The third kappa shape index (κ3) is 2.02. The highest BCUT2D eigenvalue weighted by atomic mass is 16.3. The van der Waals surface area contributed by atoms with E-state index < -0.39 is 0 Å². The molecule has 1 aromatic heterocycles. The molecule has 1 atom stereocenters. The van der Waals surface area contributed by atoms with Crippen molar-refractivity contribution in [2.24, 2.45) is 0 Å². The highest BCUT2D eigenvalue weighted by Crippen LogP contribution is 2.44. The summed E-state index contributed by atoms with van der Waals surface area (Å²) in [5.41, 5.74) is 3.39. The van der Waals surface area contributed by atoms with Gasteiger partial charge in [0.25, 0.3) is 0 Å². The molecule has 0 aliphatic heterocycles.